The van der Waals surface area contributed by atoms with E-state index in [2.05, 4.69) is 12.2 Å². The highest BCUT2D eigenvalue weighted by molar-refractivity contribution is 7.91. The standard InChI is InChI=1S/C10H23NO2S/c1-5-7-11-9(3)8-10(4)14(12,13)6-2/h9-11H,5-8H2,1-4H3. The van der Waals surface area contributed by atoms with Crippen LogP contribution in [0.3, 0.4) is 0 Å². The highest BCUT2D eigenvalue weighted by Crippen LogP contribution is 2.09. The van der Waals surface area contributed by atoms with Gasteiger partial charge in [0.15, 0.2) is 9.84 Å². The topological polar surface area (TPSA) is 46.2 Å². The van der Waals surface area contributed by atoms with E-state index in [0.717, 1.165) is 13.0 Å². The van der Waals surface area contributed by atoms with Crippen molar-refractivity contribution in [1.82, 2.24) is 5.32 Å². The van der Waals surface area contributed by atoms with Crippen LogP contribution in [0.4, 0.5) is 0 Å². The molecule has 0 aromatic carbocycles. The van der Waals surface area contributed by atoms with Crippen LogP contribution < -0.4 is 5.32 Å². The SMILES string of the molecule is CCCNC(C)CC(C)S(=O)(=O)CC. The van der Waals surface area contributed by atoms with Gasteiger partial charge in [0.2, 0.25) is 0 Å². The lowest BCUT2D eigenvalue weighted by Gasteiger charge is -2.18. The Bertz CT molecular complexity index is 237. The number of rotatable bonds is 7. The van der Waals surface area contributed by atoms with Crippen molar-refractivity contribution >= 4 is 9.84 Å². The molecule has 0 aliphatic carbocycles. The molecule has 0 saturated heterocycles. The lowest BCUT2D eigenvalue weighted by atomic mass is 10.2. The molecular weight excluding hydrogens is 198 g/mol. The molecule has 2 atom stereocenters. The highest BCUT2D eigenvalue weighted by atomic mass is 32.2. The third-order valence-corrected chi connectivity index (χ3v) is 4.67. The van der Waals surface area contributed by atoms with Gasteiger partial charge < -0.3 is 5.32 Å². The van der Waals surface area contributed by atoms with Gasteiger partial charge in [-0.15, -0.1) is 0 Å². The molecule has 0 aliphatic rings. The maximum atomic E-state index is 11.5. The Balaban J connectivity index is 3.99. The third-order valence-electron chi connectivity index (χ3n) is 2.44. The van der Waals surface area contributed by atoms with Crippen molar-refractivity contribution in [2.24, 2.45) is 0 Å². The van der Waals surface area contributed by atoms with Gasteiger partial charge in [-0.2, -0.15) is 0 Å². The molecule has 86 valence electrons. The molecule has 2 unspecified atom stereocenters. The van der Waals surface area contributed by atoms with Crippen LogP contribution in [0.5, 0.6) is 0 Å². The van der Waals surface area contributed by atoms with E-state index in [0.29, 0.717) is 6.42 Å². The lowest BCUT2D eigenvalue weighted by Crippen LogP contribution is -2.33. The minimum absolute atomic E-state index is 0.230. The van der Waals surface area contributed by atoms with Crippen molar-refractivity contribution in [2.45, 2.75) is 51.8 Å². The predicted octanol–water partition coefficient (Wildman–Crippen LogP) is 1.59. The Morgan fingerprint density at radius 2 is 1.79 bits per heavy atom. The molecule has 14 heavy (non-hydrogen) atoms. The van der Waals surface area contributed by atoms with Gasteiger partial charge in [-0.05, 0) is 33.2 Å². The van der Waals surface area contributed by atoms with Gasteiger partial charge in [0, 0.05) is 11.8 Å². The van der Waals surface area contributed by atoms with Crippen molar-refractivity contribution in [1.29, 1.82) is 0 Å². The molecule has 0 fully saturated rings. The summed E-state index contributed by atoms with van der Waals surface area (Å²) in [6, 6.07) is 0.284. The largest absolute Gasteiger partial charge is 0.314 e. The Hall–Kier alpha value is -0.0900. The van der Waals surface area contributed by atoms with Crippen LogP contribution >= 0.6 is 0 Å². The molecule has 3 nitrogen and oxygen atoms in total. The van der Waals surface area contributed by atoms with E-state index in [4.69, 9.17) is 0 Å². The molecule has 0 heterocycles. The zero-order valence-corrected chi connectivity index (χ0v) is 10.5. The number of hydrogen-bond donors (Lipinski definition) is 1. The van der Waals surface area contributed by atoms with Crippen LogP contribution in [0.15, 0.2) is 0 Å². The van der Waals surface area contributed by atoms with Gasteiger partial charge in [0.1, 0.15) is 0 Å². The summed E-state index contributed by atoms with van der Waals surface area (Å²) in [7, 11) is -2.86. The van der Waals surface area contributed by atoms with E-state index in [9.17, 15) is 8.42 Å². The summed E-state index contributed by atoms with van der Waals surface area (Å²) < 4.78 is 23.0. The lowest BCUT2D eigenvalue weighted by molar-refractivity contribution is 0.497. The summed E-state index contributed by atoms with van der Waals surface area (Å²) in [5.74, 6) is 0.245. The fourth-order valence-corrected chi connectivity index (χ4v) is 2.55. The Morgan fingerprint density at radius 1 is 1.21 bits per heavy atom. The van der Waals surface area contributed by atoms with Gasteiger partial charge in [-0.25, -0.2) is 8.42 Å². The minimum atomic E-state index is -2.86. The van der Waals surface area contributed by atoms with Gasteiger partial charge in [0.25, 0.3) is 0 Å². The first kappa shape index (κ1) is 13.9. The van der Waals surface area contributed by atoms with E-state index in [1.807, 2.05) is 6.92 Å². The summed E-state index contributed by atoms with van der Waals surface area (Å²) in [6.07, 6.45) is 1.79. The second-order valence-corrected chi connectivity index (χ2v) is 6.56. The zero-order chi connectivity index (χ0) is 11.2. The maximum absolute atomic E-state index is 11.5. The minimum Gasteiger partial charge on any atom is -0.314 e. The van der Waals surface area contributed by atoms with Crippen LogP contribution in [0.25, 0.3) is 0 Å². The van der Waals surface area contributed by atoms with E-state index in [1.54, 1.807) is 13.8 Å². The Morgan fingerprint density at radius 3 is 2.21 bits per heavy atom. The highest BCUT2D eigenvalue weighted by Gasteiger charge is 2.20. The fraction of sp³-hybridized carbons (Fsp3) is 1.00. The van der Waals surface area contributed by atoms with Crippen molar-refractivity contribution in [3.8, 4) is 0 Å². The molecule has 0 radical (unpaired) electrons. The summed E-state index contributed by atoms with van der Waals surface area (Å²) in [5.41, 5.74) is 0. The smallest absolute Gasteiger partial charge is 0.152 e. The number of hydrogen-bond acceptors (Lipinski definition) is 3. The van der Waals surface area contributed by atoms with Crippen LogP contribution in [0, 0.1) is 0 Å². The van der Waals surface area contributed by atoms with Gasteiger partial charge in [-0.3, -0.25) is 0 Å². The molecule has 1 N–H and O–H groups in total. The van der Waals surface area contributed by atoms with Gasteiger partial charge in [0.05, 0.1) is 5.25 Å². The summed E-state index contributed by atoms with van der Waals surface area (Å²) >= 11 is 0. The third kappa shape index (κ3) is 4.96. The van der Waals surface area contributed by atoms with Crippen LogP contribution in [0.2, 0.25) is 0 Å². The molecule has 0 bridgehead atoms. The quantitative estimate of drug-likeness (QED) is 0.710. The Kier molecular flexibility index (Phi) is 6.36. The van der Waals surface area contributed by atoms with Crippen LogP contribution in [-0.2, 0) is 9.84 Å². The average molecular weight is 221 g/mol. The Labute approximate surface area is 88.2 Å². The molecular formula is C10H23NO2S. The maximum Gasteiger partial charge on any atom is 0.152 e. The number of nitrogens with one attached hydrogen (secondary N) is 1. The van der Waals surface area contributed by atoms with Crippen molar-refractivity contribution in [3.63, 3.8) is 0 Å². The fourth-order valence-electron chi connectivity index (χ4n) is 1.40. The second-order valence-electron chi connectivity index (χ2n) is 3.85. The van der Waals surface area contributed by atoms with E-state index < -0.39 is 9.84 Å². The number of sulfone groups is 1. The molecule has 0 aliphatic heterocycles. The molecule has 0 amide bonds. The van der Waals surface area contributed by atoms with Crippen molar-refractivity contribution in [3.05, 3.63) is 0 Å². The van der Waals surface area contributed by atoms with Crippen molar-refractivity contribution in [2.75, 3.05) is 12.3 Å². The van der Waals surface area contributed by atoms with E-state index in [-0.39, 0.29) is 17.0 Å². The van der Waals surface area contributed by atoms with E-state index >= 15 is 0 Å². The normalized spacial score (nSPS) is 16.6. The van der Waals surface area contributed by atoms with Crippen LogP contribution in [0.1, 0.15) is 40.5 Å². The molecule has 0 aromatic heterocycles. The first-order valence-corrected chi connectivity index (χ1v) is 7.10. The molecule has 0 saturated carbocycles. The first-order chi connectivity index (χ1) is 6.44. The summed E-state index contributed by atoms with van der Waals surface area (Å²) in [6.45, 7) is 8.60. The average Bonchev–Trinajstić information content (AvgIpc) is 2.14. The summed E-state index contributed by atoms with van der Waals surface area (Å²) in [4.78, 5) is 0. The molecule has 0 rings (SSSR count). The zero-order valence-electron chi connectivity index (χ0n) is 9.71. The molecule has 0 aromatic rings. The summed E-state index contributed by atoms with van der Waals surface area (Å²) in [5, 5.41) is 3.07. The monoisotopic (exact) mass is 221 g/mol. The van der Waals surface area contributed by atoms with E-state index in [1.165, 1.54) is 0 Å². The van der Waals surface area contributed by atoms with Crippen molar-refractivity contribution < 1.29 is 8.42 Å². The van der Waals surface area contributed by atoms with Gasteiger partial charge >= 0.3 is 0 Å². The second kappa shape index (κ2) is 6.40. The molecule has 4 heteroatoms. The predicted molar refractivity (Wildman–Crippen MR) is 61.3 cm³/mol. The first-order valence-electron chi connectivity index (χ1n) is 5.39. The molecule has 0 spiro atoms. The van der Waals surface area contributed by atoms with Crippen LogP contribution in [-0.4, -0.2) is 32.0 Å². The van der Waals surface area contributed by atoms with Gasteiger partial charge in [-0.1, -0.05) is 13.8 Å².